The molecule has 7 heteroatoms. The van der Waals surface area contributed by atoms with Crippen LogP contribution >= 0.6 is 0 Å². The van der Waals surface area contributed by atoms with Crippen molar-refractivity contribution in [3.05, 3.63) is 18.0 Å². The fraction of sp³-hybridized carbons (Fsp3) is 0.615. The molecule has 0 radical (unpaired) electrons. The number of hydrogen-bond acceptors (Lipinski definition) is 3. The molecule has 1 saturated heterocycles. The first-order chi connectivity index (χ1) is 9.47. The maximum Gasteiger partial charge on any atom is 0.317 e. The molecule has 0 aromatic carbocycles. The normalized spacial score (nSPS) is 22.6. The van der Waals surface area contributed by atoms with Gasteiger partial charge in [-0.15, -0.1) is 0 Å². The van der Waals surface area contributed by atoms with Crippen molar-refractivity contribution in [3.63, 3.8) is 0 Å². The number of carbonyl (C=O) groups is 2. The molecule has 2 amide bonds. The van der Waals surface area contributed by atoms with Crippen LogP contribution < -0.4 is 5.32 Å². The lowest BCUT2D eigenvalue weighted by Gasteiger charge is -2.36. The van der Waals surface area contributed by atoms with E-state index >= 15 is 0 Å². The highest BCUT2D eigenvalue weighted by Crippen LogP contribution is 2.22. The molecule has 2 N–H and O–H groups in total. The van der Waals surface area contributed by atoms with Crippen LogP contribution in [-0.2, 0) is 18.4 Å². The fourth-order valence-electron chi connectivity index (χ4n) is 2.52. The van der Waals surface area contributed by atoms with Crippen LogP contribution in [0.3, 0.4) is 0 Å². The predicted octanol–water partition coefficient (Wildman–Crippen LogP) is 0.815. The summed E-state index contributed by atoms with van der Waals surface area (Å²) in [5, 5.41) is 16.0. The summed E-state index contributed by atoms with van der Waals surface area (Å²) < 4.78 is 1.68. The van der Waals surface area contributed by atoms with Gasteiger partial charge in [-0.3, -0.25) is 9.48 Å². The van der Waals surface area contributed by atoms with Gasteiger partial charge in [0.15, 0.2) is 0 Å². The van der Waals surface area contributed by atoms with Crippen molar-refractivity contribution < 1.29 is 14.7 Å². The van der Waals surface area contributed by atoms with E-state index < -0.39 is 5.97 Å². The fourth-order valence-corrected chi connectivity index (χ4v) is 2.52. The molecule has 1 aromatic rings. The third kappa shape index (κ3) is 3.28. The van der Waals surface area contributed by atoms with Gasteiger partial charge in [0, 0.05) is 25.8 Å². The third-order valence-electron chi connectivity index (χ3n) is 3.68. The monoisotopic (exact) mass is 280 g/mol. The standard InChI is InChI=1S/C13H20N4O3/c1-9-7-10(12(18)19)3-6-17(9)13(20)14-8-11-4-5-16(2)15-11/h4-5,9-10H,3,6-8H2,1-2H3,(H,14,20)(H,18,19). The minimum atomic E-state index is -0.773. The number of carboxylic acid groups (broad SMARTS) is 1. The van der Waals surface area contributed by atoms with Gasteiger partial charge in [0.1, 0.15) is 0 Å². The molecule has 1 aliphatic heterocycles. The van der Waals surface area contributed by atoms with E-state index in [1.54, 1.807) is 9.58 Å². The summed E-state index contributed by atoms with van der Waals surface area (Å²) in [6.07, 6.45) is 2.84. The lowest BCUT2D eigenvalue weighted by atomic mass is 9.92. The molecule has 110 valence electrons. The van der Waals surface area contributed by atoms with Crippen molar-refractivity contribution >= 4 is 12.0 Å². The maximum atomic E-state index is 12.1. The molecule has 0 bridgehead atoms. The van der Waals surface area contributed by atoms with Crippen molar-refractivity contribution in [2.75, 3.05) is 6.54 Å². The second-order valence-corrected chi connectivity index (χ2v) is 5.24. The second kappa shape index (κ2) is 5.94. The van der Waals surface area contributed by atoms with Gasteiger partial charge in [-0.05, 0) is 25.8 Å². The zero-order chi connectivity index (χ0) is 14.7. The SMILES string of the molecule is CC1CC(C(=O)O)CCN1C(=O)NCc1ccn(C)n1. The van der Waals surface area contributed by atoms with Crippen LogP contribution in [-0.4, -0.2) is 44.4 Å². The summed E-state index contributed by atoms with van der Waals surface area (Å²) in [5.41, 5.74) is 0.800. The molecule has 7 nitrogen and oxygen atoms in total. The van der Waals surface area contributed by atoms with Crippen molar-refractivity contribution in [2.24, 2.45) is 13.0 Å². The van der Waals surface area contributed by atoms with Crippen molar-refractivity contribution in [3.8, 4) is 0 Å². The van der Waals surface area contributed by atoms with Gasteiger partial charge in [-0.1, -0.05) is 0 Å². The van der Waals surface area contributed by atoms with E-state index in [1.165, 1.54) is 0 Å². The summed E-state index contributed by atoms with van der Waals surface area (Å²) in [7, 11) is 1.82. The van der Waals surface area contributed by atoms with Crippen LogP contribution in [0.4, 0.5) is 4.79 Å². The molecule has 1 aliphatic rings. The number of carbonyl (C=O) groups excluding carboxylic acids is 1. The number of nitrogens with zero attached hydrogens (tertiary/aromatic N) is 3. The summed E-state index contributed by atoms with van der Waals surface area (Å²) >= 11 is 0. The molecule has 20 heavy (non-hydrogen) atoms. The number of hydrogen-bond donors (Lipinski definition) is 2. The Morgan fingerprint density at radius 3 is 2.85 bits per heavy atom. The van der Waals surface area contributed by atoms with E-state index in [0.717, 1.165) is 5.69 Å². The quantitative estimate of drug-likeness (QED) is 0.858. The van der Waals surface area contributed by atoms with Crippen LogP contribution in [0, 0.1) is 5.92 Å². The average molecular weight is 280 g/mol. The number of aromatic nitrogens is 2. The van der Waals surface area contributed by atoms with Crippen molar-refractivity contribution in [1.29, 1.82) is 0 Å². The second-order valence-electron chi connectivity index (χ2n) is 5.24. The highest BCUT2D eigenvalue weighted by atomic mass is 16.4. The topological polar surface area (TPSA) is 87.5 Å². The molecule has 2 heterocycles. The van der Waals surface area contributed by atoms with Crippen LogP contribution in [0.2, 0.25) is 0 Å². The van der Waals surface area contributed by atoms with E-state index in [2.05, 4.69) is 10.4 Å². The minimum absolute atomic E-state index is 0.0615. The number of carboxylic acids is 1. The molecular weight excluding hydrogens is 260 g/mol. The molecule has 2 rings (SSSR count). The Hall–Kier alpha value is -2.05. The highest BCUT2D eigenvalue weighted by Gasteiger charge is 2.32. The van der Waals surface area contributed by atoms with Gasteiger partial charge in [-0.25, -0.2) is 4.79 Å². The minimum Gasteiger partial charge on any atom is -0.481 e. The van der Waals surface area contributed by atoms with Crippen LogP contribution in [0.25, 0.3) is 0 Å². The van der Waals surface area contributed by atoms with Gasteiger partial charge < -0.3 is 15.3 Å². The third-order valence-corrected chi connectivity index (χ3v) is 3.68. The Morgan fingerprint density at radius 2 is 2.30 bits per heavy atom. The average Bonchev–Trinajstić information content (AvgIpc) is 2.81. The highest BCUT2D eigenvalue weighted by molar-refractivity contribution is 5.75. The summed E-state index contributed by atoms with van der Waals surface area (Å²) in [6, 6.07) is 1.63. The molecule has 2 atom stereocenters. The van der Waals surface area contributed by atoms with Crippen molar-refractivity contribution in [1.82, 2.24) is 20.0 Å². The molecular formula is C13H20N4O3. The number of aliphatic carboxylic acids is 1. The van der Waals surface area contributed by atoms with Gasteiger partial charge in [0.2, 0.25) is 0 Å². The van der Waals surface area contributed by atoms with Gasteiger partial charge in [0.05, 0.1) is 18.2 Å². The predicted molar refractivity (Wildman–Crippen MR) is 72.0 cm³/mol. The molecule has 0 spiro atoms. The molecule has 1 fully saturated rings. The number of piperidine rings is 1. The Kier molecular flexibility index (Phi) is 4.26. The number of urea groups is 1. The van der Waals surface area contributed by atoms with Crippen LogP contribution in [0.15, 0.2) is 12.3 Å². The Labute approximate surface area is 117 Å². The lowest BCUT2D eigenvalue weighted by Crippen LogP contribution is -2.50. The first kappa shape index (κ1) is 14.4. The largest absolute Gasteiger partial charge is 0.481 e. The summed E-state index contributed by atoms with van der Waals surface area (Å²) in [4.78, 5) is 24.8. The van der Waals surface area contributed by atoms with E-state index in [1.807, 2.05) is 26.2 Å². The number of rotatable bonds is 3. The molecule has 0 saturated carbocycles. The van der Waals surface area contributed by atoms with Crippen molar-refractivity contribution in [2.45, 2.75) is 32.4 Å². The number of amides is 2. The number of aryl methyl sites for hydroxylation is 1. The van der Waals surface area contributed by atoms with Gasteiger partial charge >= 0.3 is 12.0 Å². The van der Waals surface area contributed by atoms with E-state index in [-0.39, 0.29) is 18.0 Å². The van der Waals surface area contributed by atoms with Gasteiger partial charge in [-0.2, -0.15) is 5.10 Å². The zero-order valence-corrected chi connectivity index (χ0v) is 11.7. The van der Waals surface area contributed by atoms with Gasteiger partial charge in [0.25, 0.3) is 0 Å². The number of nitrogens with one attached hydrogen (secondary N) is 1. The van der Waals surface area contributed by atoms with Crippen LogP contribution in [0.1, 0.15) is 25.5 Å². The Bertz CT molecular complexity index is 500. The molecule has 0 aliphatic carbocycles. The Balaban J connectivity index is 1.85. The zero-order valence-electron chi connectivity index (χ0n) is 11.7. The lowest BCUT2D eigenvalue weighted by molar-refractivity contribution is -0.143. The van der Waals surface area contributed by atoms with E-state index in [0.29, 0.717) is 25.9 Å². The first-order valence-electron chi connectivity index (χ1n) is 6.73. The summed E-state index contributed by atoms with van der Waals surface area (Å²) in [5.74, 6) is -1.12. The number of likely N-dealkylation sites (tertiary alicyclic amines) is 1. The summed E-state index contributed by atoms with van der Waals surface area (Å²) in [6.45, 7) is 2.74. The van der Waals surface area contributed by atoms with E-state index in [4.69, 9.17) is 5.11 Å². The van der Waals surface area contributed by atoms with Crippen LogP contribution in [0.5, 0.6) is 0 Å². The molecule has 1 aromatic heterocycles. The first-order valence-corrected chi connectivity index (χ1v) is 6.73. The molecule has 2 unspecified atom stereocenters. The maximum absolute atomic E-state index is 12.1. The Morgan fingerprint density at radius 1 is 1.55 bits per heavy atom. The smallest absolute Gasteiger partial charge is 0.317 e. The van der Waals surface area contributed by atoms with E-state index in [9.17, 15) is 9.59 Å².